The van der Waals surface area contributed by atoms with Crippen molar-refractivity contribution in [1.29, 1.82) is 0 Å². The Hall–Kier alpha value is -6.10. The first-order valence-corrected chi connectivity index (χ1v) is 24.3. The van der Waals surface area contributed by atoms with Gasteiger partial charge in [0.1, 0.15) is 5.82 Å². The molecule has 6 aromatic carbocycles. The molecular weight excluding hydrogens is 1040 g/mol. The maximum Gasteiger partial charge on any atom is 0.272 e. The molecule has 9 aromatic rings. The Bertz CT molecular complexity index is 3310. The van der Waals surface area contributed by atoms with Crippen LogP contribution in [-0.2, 0) is 48.1 Å². The standard InChI is InChI=1S/C63H67N5O.Pt/c1-59(2,3)44-28-29-64-57(37-44)68-55-27-24-42(41-20-17-16-18-21-41)32-54(55)53-26-25-52(39-56(53)68)69-51-23-19-22-49(38-51)66-40-67(50-35-47(62(10,11)12)34-48(36-50)63(13,14)15)65-58(66)43-30-45(60(4,5)6)33-46(31-43)61(7,8)9;/h16-37H,1-15H3;/q-2;. The third-order valence-corrected chi connectivity index (χ3v) is 13.2. The second kappa shape index (κ2) is 18.3. The maximum absolute atomic E-state index is 6.78. The van der Waals surface area contributed by atoms with E-state index in [-0.39, 0.29) is 48.1 Å². The SMILES string of the molecule is CC(C)(C)c1cc(-c2n[n+](-c3cc(C(C)(C)C)cc(C(C)(C)C)c3)[c-]n2-c2[c-]c(Oc3[c-]c4c(cc3)c3cc(-c5ccccc5)ccc3n4-c3cc(C(C)(C)C)ccn3)ccc2)cc(C(C)(C)C)c1.[Pt]. The number of hydrogen-bond donors (Lipinski definition) is 0. The number of hydrogen-bond acceptors (Lipinski definition) is 3. The predicted molar refractivity (Wildman–Crippen MR) is 285 cm³/mol. The van der Waals surface area contributed by atoms with E-state index in [0.29, 0.717) is 11.5 Å². The van der Waals surface area contributed by atoms with Crippen LogP contribution < -0.4 is 9.42 Å². The fourth-order valence-corrected chi connectivity index (χ4v) is 8.78. The van der Waals surface area contributed by atoms with E-state index in [2.05, 4.69) is 230 Å². The van der Waals surface area contributed by atoms with Gasteiger partial charge in [-0.05, 0) is 89.6 Å². The van der Waals surface area contributed by atoms with Gasteiger partial charge in [-0.1, -0.05) is 194 Å². The maximum atomic E-state index is 6.78. The summed E-state index contributed by atoms with van der Waals surface area (Å²) in [5.41, 5.74) is 12.8. The van der Waals surface area contributed by atoms with Gasteiger partial charge in [-0.15, -0.1) is 34.8 Å². The molecule has 0 bridgehead atoms. The Balaban J connectivity index is 0.00000659. The number of rotatable bonds is 7. The van der Waals surface area contributed by atoms with Gasteiger partial charge < -0.3 is 13.9 Å². The van der Waals surface area contributed by atoms with E-state index in [9.17, 15) is 0 Å². The molecule has 3 aromatic heterocycles. The van der Waals surface area contributed by atoms with Gasteiger partial charge in [0.25, 0.3) is 6.33 Å². The van der Waals surface area contributed by atoms with Gasteiger partial charge in [-0.25, -0.2) is 4.98 Å². The van der Waals surface area contributed by atoms with E-state index in [0.717, 1.165) is 55.9 Å². The molecule has 0 aliphatic carbocycles. The van der Waals surface area contributed by atoms with Crippen molar-refractivity contribution in [2.24, 2.45) is 0 Å². The van der Waals surface area contributed by atoms with Crippen LogP contribution in [0.25, 0.3) is 61.5 Å². The van der Waals surface area contributed by atoms with Crippen molar-refractivity contribution in [3.05, 3.63) is 180 Å². The van der Waals surface area contributed by atoms with E-state index in [4.69, 9.17) is 14.8 Å². The summed E-state index contributed by atoms with van der Waals surface area (Å²) in [4.78, 5) is 4.94. The zero-order valence-electron chi connectivity index (χ0n) is 43.7. The quantitative estimate of drug-likeness (QED) is 0.118. The summed E-state index contributed by atoms with van der Waals surface area (Å²) in [6, 6.07) is 52.8. The molecule has 70 heavy (non-hydrogen) atoms. The summed E-state index contributed by atoms with van der Waals surface area (Å²) in [5.74, 6) is 2.71. The number of fused-ring (bicyclic) bond motifs is 3. The van der Waals surface area contributed by atoms with Crippen LogP contribution in [-0.4, -0.2) is 19.2 Å². The second-order valence-corrected chi connectivity index (χ2v) is 23.9. The Morgan fingerprint density at radius 1 is 0.486 bits per heavy atom. The topological polar surface area (TPSA) is 48.8 Å². The molecule has 0 N–H and O–H groups in total. The van der Waals surface area contributed by atoms with Crippen LogP contribution in [0.2, 0.25) is 0 Å². The number of pyridine rings is 1. The second-order valence-electron chi connectivity index (χ2n) is 23.9. The first-order chi connectivity index (χ1) is 32.3. The number of ether oxygens (including phenoxy) is 1. The van der Waals surface area contributed by atoms with Crippen molar-refractivity contribution in [3.8, 4) is 51.2 Å². The smallest absolute Gasteiger partial charge is 0.272 e. The van der Waals surface area contributed by atoms with Gasteiger partial charge in [-0.2, -0.15) is 22.9 Å². The zero-order valence-corrected chi connectivity index (χ0v) is 45.9. The molecule has 3 heterocycles. The van der Waals surface area contributed by atoms with Crippen molar-refractivity contribution < 1.29 is 30.5 Å². The summed E-state index contributed by atoms with van der Waals surface area (Å²) in [6.07, 6.45) is 5.60. The molecule has 6 nitrogen and oxygen atoms in total. The molecule has 9 rings (SSSR count). The first kappa shape index (κ1) is 50.3. The van der Waals surface area contributed by atoms with Gasteiger partial charge >= 0.3 is 0 Å². The van der Waals surface area contributed by atoms with Gasteiger partial charge in [-0.3, -0.25) is 0 Å². The fraction of sp³-hybridized carbons (Fsp3) is 0.317. The van der Waals surface area contributed by atoms with Crippen molar-refractivity contribution in [2.75, 3.05) is 0 Å². The normalized spacial score (nSPS) is 12.7. The van der Waals surface area contributed by atoms with Gasteiger partial charge in [0.15, 0.2) is 5.82 Å². The van der Waals surface area contributed by atoms with Gasteiger partial charge in [0.05, 0.1) is 5.69 Å². The molecular formula is C63H67N5OPt-2. The number of aromatic nitrogens is 5. The molecule has 0 amide bonds. The van der Waals surface area contributed by atoms with Crippen LogP contribution in [0.4, 0.5) is 0 Å². The van der Waals surface area contributed by atoms with E-state index in [1.54, 1.807) is 0 Å². The number of benzene rings is 6. The molecule has 0 spiro atoms. The van der Waals surface area contributed by atoms with E-state index >= 15 is 0 Å². The molecule has 0 fully saturated rings. The molecule has 7 heteroatoms. The minimum Gasteiger partial charge on any atom is -0.510 e. The van der Waals surface area contributed by atoms with Crippen molar-refractivity contribution in [3.63, 3.8) is 0 Å². The minimum atomic E-state index is -0.0887. The zero-order chi connectivity index (χ0) is 49.4. The molecule has 0 radical (unpaired) electrons. The third kappa shape index (κ3) is 10.2. The molecule has 0 aliphatic heterocycles. The Morgan fingerprint density at radius 3 is 1.67 bits per heavy atom. The van der Waals surface area contributed by atoms with Gasteiger partial charge in [0, 0.05) is 49.8 Å². The Labute approximate surface area is 431 Å². The molecule has 0 saturated heterocycles. The molecule has 0 unspecified atom stereocenters. The van der Waals surface area contributed by atoms with Crippen LogP contribution >= 0.6 is 0 Å². The van der Waals surface area contributed by atoms with Crippen LogP contribution in [0.3, 0.4) is 0 Å². The predicted octanol–water partition coefficient (Wildman–Crippen LogP) is 15.7. The summed E-state index contributed by atoms with van der Waals surface area (Å²) in [5, 5.41) is 7.61. The molecule has 0 saturated carbocycles. The first-order valence-electron chi connectivity index (χ1n) is 24.3. The van der Waals surface area contributed by atoms with Gasteiger partial charge in [0.2, 0.25) is 0 Å². The van der Waals surface area contributed by atoms with Crippen LogP contribution in [0.1, 0.15) is 132 Å². The Morgan fingerprint density at radius 2 is 1.07 bits per heavy atom. The minimum absolute atomic E-state index is 0. The largest absolute Gasteiger partial charge is 0.510 e. The molecule has 362 valence electrons. The average Bonchev–Trinajstić information content (AvgIpc) is 3.88. The van der Waals surface area contributed by atoms with Crippen LogP contribution in [0, 0.1) is 18.5 Å². The van der Waals surface area contributed by atoms with Crippen LogP contribution in [0.15, 0.2) is 134 Å². The van der Waals surface area contributed by atoms with Crippen molar-refractivity contribution in [1.82, 2.24) is 19.2 Å². The third-order valence-electron chi connectivity index (χ3n) is 13.2. The summed E-state index contributed by atoms with van der Waals surface area (Å²) < 4.78 is 12.9. The fourth-order valence-electron chi connectivity index (χ4n) is 8.78. The number of nitrogens with zero attached hydrogens (tertiary/aromatic N) is 5. The summed E-state index contributed by atoms with van der Waals surface area (Å²) in [6.45, 7) is 33.9. The molecule has 0 atom stereocenters. The van der Waals surface area contributed by atoms with E-state index < -0.39 is 0 Å². The van der Waals surface area contributed by atoms with Crippen molar-refractivity contribution in [2.45, 2.75) is 131 Å². The van der Waals surface area contributed by atoms with E-state index in [1.807, 2.05) is 39.7 Å². The van der Waals surface area contributed by atoms with Crippen molar-refractivity contribution >= 4 is 21.8 Å². The Kier molecular flexibility index (Phi) is 13.1. The summed E-state index contributed by atoms with van der Waals surface area (Å²) in [7, 11) is 0. The van der Waals surface area contributed by atoms with E-state index in [1.165, 1.54) is 33.4 Å². The van der Waals surface area contributed by atoms with Crippen LogP contribution in [0.5, 0.6) is 11.5 Å². The average molecular weight is 1110 g/mol. The molecule has 0 aliphatic rings. The monoisotopic (exact) mass is 1100 g/mol. The summed E-state index contributed by atoms with van der Waals surface area (Å²) >= 11 is 0.